The summed E-state index contributed by atoms with van der Waals surface area (Å²) in [5, 5.41) is 9.60. The molecule has 0 saturated carbocycles. The van der Waals surface area contributed by atoms with Crippen molar-refractivity contribution < 1.29 is 9.18 Å². The first-order chi connectivity index (χ1) is 14.0. The summed E-state index contributed by atoms with van der Waals surface area (Å²) < 4.78 is 16.3. The van der Waals surface area contributed by atoms with Gasteiger partial charge in [0.05, 0.1) is 16.3 Å². The fourth-order valence-corrected chi connectivity index (χ4v) is 4.80. The van der Waals surface area contributed by atoms with Gasteiger partial charge < -0.3 is 9.47 Å². The zero-order valence-corrected chi connectivity index (χ0v) is 16.8. The highest BCUT2D eigenvalue weighted by Crippen LogP contribution is 2.34. The number of carbonyl (C=O) groups is 1. The first-order valence-electron chi connectivity index (χ1n) is 9.39. The number of fused-ring (bicyclic) bond motifs is 2. The van der Waals surface area contributed by atoms with Crippen molar-refractivity contribution in [1.82, 2.24) is 24.6 Å². The highest BCUT2D eigenvalue weighted by Gasteiger charge is 2.32. The third-order valence-electron chi connectivity index (χ3n) is 5.35. The average Bonchev–Trinajstić information content (AvgIpc) is 3.33. The minimum absolute atomic E-state index is 0.135. The number of aromatic nitrogens is 4. The van der Waals surface area contributed by atoms with Crippen LogP contribution in [-0.2, 0) is 6.54 Å². The molecule has 0 unspecified atom stereocenters. The molecule has 2 aromatic heterocycles. The smallest absolute Gasteiger partial charge is 0.254 e. The van der Waals surface area contributed by atoms with Crippen LogP contribution in [0.2, 0.25) is 0 Å². The first kappa shape index (κ1) is 17.9. The Bertz CT molecular complexity index is 1230. The van der Waals surface area contributed by atoms with Gasteiger partial charge in [0.15, 0.2) is 16.7 Å². The standard InChI is InChI=1S/C21H18FN5OS/c1-12-4-3-5-16-17(12)23-20(29-16)19-25-24-18-13(2)26(10-11-27(18)19)21(28)14-6-8-15(22)9-7-14/h3-9,13H,10-11H2,1-2H3/t13-/m1/s1. The van der Waals surface area contributed by atoms with Gasteiger partial charge in [-0.05, 0) is 49.7 Å². The van der Waals surface area contributed by atoms with Crippen molar-refractivity contribution in [1.29, 1.82) is 0 Å². The minimum Gasteiger partial charge on any atom is -0.327 e. The largest absolute Gasteiger partial charge is 0.327 e. The van der Waals surface area contributed by atoms with Crippen molar-refractivity contribution in [2.75, 3.05) is 6.54 Å². The summed E-state index contributed by atoms with van der Waals surface area (Å²) in [5.41, 5.74) is 2.59. The molecule has 1 atom stereocenters. The lowest BCUT2D eigenvalue weighted by molar-refractivity contribution is 0.0638. The molecular formula is C21H18FN5OS. The molecule has 8 heteroatoms. The van der Waals surface area contributed by atoms with Gasteiger partial charge in [0, 0.05) is 18.7 Å². The quantitative estimate of drug-likeness (QED) is 0.499. The number of carbonyl (C=O) groups excluding carboxylic acids is 1. The van der Waals surface area contributed by atoms with Crippen LogP contribution in [0.5, 0.6) is 0 Å². The van der Waals surface area contributed by atoms with E-state index in [0.717, 1.165) is 32.4 Å². The Labute approximate surface area is 170 Å². The number of halogens is 1. The van der Waals surface area contributed by atoms with Gasteiger partial charge in [-0.3, -0.25) is 4.79 Å². The number of hydrogen-bond acceptors (Lipinski definition) is 5. The van der Waals surface area contributed by atoms with E-state index in [2.05, 4.69) is 16.3 Å². The van der Waals surface area contributed by atoms with Crippen molar-refractivity contribution in [3.8, 4) is 10.8 Å². The Balaban J connectivity index is 1.48. The van der Waals surface area contributed by atoms with E-state index in [1.54, 1.807) is 16.2 Å². The summed E-state index contributed by atoms with van der Waals surface area (Å²) in [6, 6.07) is 11.5. The molecule has 2 aromatic carbocycles. The summed E-state index contributed by atoms with van der Waals surface area (Å²) in [5.74, 6) is 0.978. The monoisotopic (exact) mass is 407 g/mol. The molecule has 0 radical (unpaired) electrons. The van der Waals surface area contributed by atoms with Gasteiger partial charge in [0.1, 0.15) is 5.82 Å². The number of aryl methyl sites for hydroxylation is 1. The Morgan fingerprint density at radius 1 is 1.14 bits per heavy atom. The second kappa shape index (κ2) is 6.73. The van der Waals surface area contributed by atoms with E-state index in [1.165, 1.54) is 24.3 Å². The maximum absolute atomic E-state index is 13.2. The number of rotatable bonds is 2. The molecule has 0 fully saturated rings. The molecule has 0 saturated heterocycles. The van der Waals surface area contributed by atoms with Gasteiger partial charge >= 0.3 is 0 Å². The predicted molar refractivity (Wildman–Crippen MR) is 109 cm³/mol. The van der Waals surface area contributed by atoms with Crippen LogP contribution in [0.15, 0.2) is 42.5 Å². The molecule has 0 N–H and O–H groups in total. The van der Waals surface area contributed by atoms with Crippen molar-refractivity contribution in [3.63, 3.8) is 0 Å². The van der Waals surface area contributed by atoms with Crippen LogP contribution in [0, 0.1) is 12.7 Å². The molecule has 1 aliphatic heterocycles. The van der Waals surface area contributed by atoms with Crippen LogP contribution >= 0.6 is 11.3 Å². The lowest BCUT2D eigenvalue weighted by atomic mass is 10.1. The summed E-state index contributed by atoms with van der Waals surface area (Å²) in [6.45, 7) is 5.10. The Hall–Kier alpha value is -3.13. The van der Waals surface area contributed by atoms with Gasteiger partial charge in [-0.25, -0.2) is 9.37 Å². The molecule has 0 spiro atoms. The topological polar surface area (TPSA) is 63.9 Å². The highest BCUT2D eigenvalue weighted by molar-refractivity contribution is 7.21. The molecule has 5 rings (SSSR count). The van der Waals surface area contributed by atoms with Crippen LogP contribution in [0.1, 0.15) is 34.7 Å². The Kier molecular flexibility index (Phi) is 4.16. The van der Waals surface area contributed by atoms with Crippen LogP contribution in [0.3, 0.4) is 0 Å². The van der Waals surface area contributed by atoms with Gasteiger partial charge in [-0.2, -0.15) is 0 Å². The predicted octanol–water partition coefficient (Wildman–Crippen LogP) is 4.22. The van der Waals surface area contributed by atoms with Gasteiger partial charge in [-0.1, -0.05) is 12.1 Å². The zero-order chi connectivity index (χ0) is 20.1. The number of nitrogens with zero attached hydrogens (tertiary/aromatic N) is 5. The fourth-order valence-electron chi connectivity index (χ4n) is 3.76. The lowest BCUT2D eigenvalue weighted by Gasteiger charge is -2.33. The number of amides is 1. The molecule has 0 bridgehead atoms. The van der Waals surface area contributed by atoms with Crippen LogP contribution in [0.25, 0.3) is 21.0 Å². The van der Waals surface area contributed by atoms with Crippen molar-refractivity contribution >= 4 is 27.5 Å². The summed E-state index contributed by atoms with van der Waals surface area (Å²) >= 11 is 1.60. The van der Waals surface area contributed by atoms with Crippen LogP contribution < -0.4 is 0 Å². The van der Waals surface area contributed by atoms with Gasteiger partial charge in [0.25, 0.3) is 5.91 Å². The SMILES string of the molecule is Cc1cccc2sc(-c3nnc4n3CCN(C(=O)c3ccc(F)cc3)[C@@H]4C)nc12. The van der Waals surface area contributed by atoms with Crippen LogP contribution in [0.4, 0.5) is 4.39 Å². The highest BCUT2D eigenvalue weighted by atomic mass is 32.1. The molecule has 1 amide bonds. The van der Waals surface area contributed by atoms with Gasteiger partial charge in [-0.15, -0.1) is 21.5 Å². The number of thiazole rings is 1. The maximum Gasteiger partial charge on any atom is 0.254 e. The third kappa shape index (κ3) is 2.91. The fraction of sp³-hybridized carbons (Fsp3) is 0.238. The van der Waals surface area contributed by atoms with Crippen molar-refractivity contribution in [3.05, 3.63) is 65.2 Å². The molecule has 1 aliphatic rings. The maximum atomic E-state index is 13.2. The third-order valence-corrected chi connectivity index (χ3v) is 6.37. The number of para-hydroxylation sites is 1. The van der Waals surface area contributed by atoms with Gasteiger partial charge in [0.2, 0.25) is 0 Å². The number of benzene rings is 2. The molecular weight excluding hydrogens is 389 g/mol. The number of hydrogen-bond donors (Lipinski definition) is 0. The average molecular weight is 407 g/mol. The van der Waals surface area contributed by atoms with E-state index in [4.69, 9.17) is 4.98 Å². The van der Waals surface area contributed by atoms with E-state index in [0.29, 0.717) is 18.7 Å². The molecule has 6 nitrogen and oxygen atoms in total. The molecule has 146 valence electrons. The summed E-state index contributed by atoms with van der Waals surface area (Å²) in [7, 11) is 0. The van der Waals surface area contributed by atoms with Crippen molar-refractivity contribution in [2.24, 2.45) is 0 Å². The van der Waals surface area contributed by atoms with Crippen LogP contribution in [-0.4, -0.2) is 37.1 Å². The van der Waals surface area contributed by atoms with E-state index in [-0.39, 0.29) is 17.8 Å². The summed E-state index contributed by atoms with van der Waals surface area (Å²) in [4.78, 5) is 19.4. The molecule has 3 heterocycles. The lowest BCUT2D eigenvalue weighted by Crippen LogP contribution is -2.41. The Morgan fingerprint density at radius 3 is 2.69 bits per heavy atom. The molecule has 0 aliphatic carbocycles. The van der Waals surface area contributed by atoms with E-state index >= 15 is 0 Å². The zero-order valence-electron chi connectivity index (χ0n) is 16.0. The minimum atomic E-state index is -0.358. The Morgan fingerprint density at radius 2 is 1.93 bits per heavy atom. The molecule has 4 aromatic rings. The van der Waals surface area contributed by atoms with Crippen molar-refractivity contribution in [2.45, 2.75) is 26.4 Å². The normalized spacial score (nSPS) is 16.2. The van der Waals surface area contributed by atoms with E-state index < -0.39 is 0 Å². The van der Waals surface area contributed by atoms with E-state index in [1.807, 2.05) is 30.5 Å². The van der Waals surface area contributed by atoms with E-state index in [9.17, 15) is 9.18 Å². The second-order valence-electron chi connectivity index (χ2n) is 7.16. The molecule has 29 heavy (non-hydrogen) atoms. The second-order valence-corrected chi connectivity index (χ2v) is 8.19. The summed E-state index contributed by atoms with van der Waals surface area (Å²) in [6.07, 6.45) is 0. The first-order valence-corrected chi connectivity index (χ1v) is 10.2.